The van der Waals surface area contributed by atoms with Crippen molar-refractivity contribution in [3.63, 3.8) is 0 Å². The molecular formula is C17H19N3O6S2. The molecule has 0 fully saturated rings. The van der Waals surface area contributed by atoms with E-state index in [0.717, 1.165) is 23.0 Å². The zero-order valence-electron chi connectivity index (χ0n) is 14.7. The van der Waals surface area contributed by atoms with Gasteiger partial charge >= 0.3 is 0 Å². The van der Waals surface area contributed by atoms with Gasteiger partial charge in [0.2, 0.25) is 0 Å². The van der Waals surface area contributed by atoms with Crippen molar-refractivity contribution in [2.45, 2.75) is 16.7 Å². The van der Waals surface area contributed by atoms with E-state index in [-0.39, 0.29) is 16.5 Å². The van der Waals surface area contributed by atoms with Crippen molar-refractivity contribution < 1.29 is 25.9 Å². The summed E-state index contributed by atoms with van der Waals surface area (Å²) in [4.78, 5) is -1.26. The average Bonchev–Trinajstić information content (AvgIpc) is 2.56. The molecule has 0 aliphatic heterocycles. The van der Waals surface area contributed by atoms with E-state index in [0.29, 0.717) is 6.07 Å². The predicted octanol–water partition coefficient (Wildman–Crippen LogP) is 2.07. The Hall–Kier alpha value is -2.86. The zero-order valence-corrected chi connectivity index (χ0v) is 16.3. The van der Waals surface area contributed by atoms with Crippen LogP contribution in [0.1, 0.15) is 5.56 Å². The highest BCUT2D eigenvalue weighted by atomic mass is 32.2. The highest BCUT2D eigenvalue weighted by Crippen LogP contribution is 2.28. The quantitative estimate of drug-likeness (QED) is 0.302. The van der Waals surface area contributed by atoms with Gasteiger partial charge in [-0.05, 0) is 60.3 Å². The zero-order chi connectivity index (χ0) is 21.3. The van der Waals surface area contributed by atoms with E-state index in [9.17, 15) is 16.8 Å². The SMILES string of the molecule is Cc1cc(N)ccc1N.Nc1ccc2cc(S(=O)(=O)O)cc(S(=O)(=O)O)c2c1. The van der Waals surface area contributed by atoms with E-state index in [1.54, 1.807) is 6.07 Å². The number of hydrogen-bond acceptors (Lipinski definition) is 7. The lowest BCUT2D eigenvalue weighted by Gasteiger charge is -2.07. The molecule has 0 saturated heterocycles. The number of rotatable bonds is 2. The van der Waals surface area contributed by atoms with Crippen LogP contribution < -0.4 is 17.2 Å². The van der Waals surface area contributed by atoms with Crippen LogP contribution in [0.5, 0.6) is 0 Å². The number of nitrogen functional groups attached to an aromatic ring is 3. The standard InChI is InChI=1S/C10H9NO6S2.C7H10N2/c11-7-2-1-6-3-8(18(12,13)14)5-10(9(6)4-7)19(15,16)17;1-5-4-6(8)2-3-7(5)9/h1-5H,11H2,(H,12,13,14)(H,15,16,17);2-4H,8-9H2,1H3. The summed E-state index contributed by atoms with van der Waals surface area (Å²) in [5, 5.41) is 0.270. The summed E-state index contributed by atoms with van der Waals surface area (Å²) >= 11 is 0. The van der Waals surface area contributed by atoms with E-state index in [2.05, 4.69) is 0 Å². The third-order valence-corrected chi connectivity index (χ3v) is 5.51. The van der Waals surface area contributed by atoms with E-state index in [1.165, 1.54) is 18.2 Å². The molecule has 0 atom stereocenters. The van der Waals surface area contributed by atoms with Crippen LogP contribution in [-0.2, 0) is 20.2 Å². The van der Waals surface area contributed by atoms with Crippen molar-refractivity contribution in [2.24, 2.45) is 0 Å². The van der Waals surface area contributed by atoms with Crippen LogP contribution in [0.15, 0.2) is 58.3 Å². The van der Waals surface area contributed by atoms with Crippen molar-refractivity contribution in [3.8, 4) is 0 Å². The summed E-state index contributed by atoms with van der Waals surface area (Å²) in [6.45, 7) is 1.94. The summed E-state index contributed by atoms with van der Waals surface area (Å²) in [5.41, 5.74) is 19.4. The average molecular weight is 425 g/mol. The molecule has 0 bridgehead atoms. The third-order valence-electron chi connectivity index (χ3n) is 3.78. The lowest BCUT2D eigenvalue weighted by atomic mass is 10.1. The van der Waals surface area contributed by atoms with E-state index >= 15 is 0 Å². The molecule has 0 aliphatic rings. The summed E-state index contributed by atoms with van der Waals surface area (Å²) in [5.74, 6) is 0. The van der Waals surface area contributed by atoms with E-state index in [1.807, 2.05) is 19.1 Å². The maximum Gasteiger partial charge on any atom is 0.295 e. The fraction of sp³-hybridized carbons (Fsp3) is 0.0588. The predicted molar refractivity (Wildman–Crippen MR) is 108 cm³/mol. The Morgan fingerprint density at radius 3 is 1.82 bits per heavy atom. The van der Waals surface area contributed by atoms with Gasteiger partial charge in [-0.1, -0.05) is 6.07 Å². The van der Waals surface area contributed by atoms with Crippen LogP contribution in [0.25, 0.3) is 10.8 Å². The smallest absolute Gasteiger partial charge is 0.295 e. The van der Waals surface area contributed by atoms with Gasteiger partial charge in [-0.25, -0.2) is 0 Å². The largest absolute Gasteiger partial charge is 0.399 e. The van der Waals surface area contributed by atoms with Crippen LogP contribution in [-0.4, -0.2) is 25.9 Å². The number of hydrogen-bond donors (Lipinski definition) is 5. The van der Waals surface area contributed by atoms with Crippen molar-refractivity contribution in [2.75, 3.05) is 17.2 Å². The van der Waals surface area contributed by atoms with Crippen molar-refractivity contribution in [1.82, 2.24) is 0 Å². The molecule has 9 nitrogen and oxygen atoms in total. The van der Waals surface area contributed by atoms with Crippen LogP contribution in [0.3, 0.4) is 0 Å². The molecule has 0 radical (unpaired) electrons. The first-order valence-electron chi connectivity index (χ1n) is 7.69. The molecule has 0 amide bonds. The summed E-state index contributed by atoms with van der Waals surface area (Å²) in [7, 11) is -9.25. The minimum absolute atomic E-state index is 0.0647. The fourth-order valence-electron chi connectivity index (χ4n) is 2.38. The lowest BCUT2D eigenvalue weighted by Crippen LogP contribution is -2.04. The topological polar surface area (TPSA) is 187 Å². The first-order chi connectivity index (χ1) is 12.8. The summed E-state index contributed by atoms with van der Waals surface area (Å²) in [6.07, 6.45) is 0. The van der Waals surface area contributed by atoms with Crippen molar-refractivity contribution >= 4 is 48.1 Å². The molecule has 28 heavy (non-hydrogen) atoms. The van der Waals surface area contributed by atoms with Crippen molar-refractivity contribution in [3.05, 3.63) is 54.1 Å². The van der Waals surface area contributed by atoms with E-state index in [4.69, 9.17) is 26.3 Å². The minimum atomic E-state index is -4.66. The highest BCUT2D eigenvalue weighted by Gasteiger charge is 2.20. The second kappa shape index (κ2) is 7.64. The fourth-order valence-corrected chi connectivity index (χ4v) is 3.72. The molecule has 0 unspecified atom stereocenters. The van der Waals surface area contributed by atoms with Gasteiger partial charge < -0.3 is 17.2 Å². The van der Waals surface area contributed by atoms with Gasteiger partial charge in [0, 0.05) is 22.4 Å². The third kappa shape index (κ3) is 5.10. The molecule has 8 N–H and O–H groups in total. The molecule has 3 aromatic rings. The Kier molecular flexibility index (Phi) is 5.85. The monoisotopic (exact) mass is 425 g/mol. The van der Waals surface area contributed by atoms with Gasteiger partial charge in [0.15, 0.2) is 0 Å². The highest BCUT2D eigenvalue weighted by molar-refractivity contribution is 7.86. The number of benzene rings is 3. The summed E-state index contributed by atoms with van der Waals surface area (Å²) in [6, 6.07) is 11.3. The molecule has 3 rings (SSSR count). The molecule has 0 saturated carbocycles. The van der Waals surface area contributed by atoms with E-state index < -0.39 is 30.0 Å². The molecule has 0 aliphatic carbocycles. The Bertz CT molecular complexity index is 1260. The molecule has 11 heteroatoms. The van der Waals surface area contributed by atoms with Gasteiger partial charge in [0.25, 0.3) is 20.2 Å². The molecule has 0 spiro atoms. The van der Waals surface area contributed by atoms with Gasteiger partial charge in [-0.15, -0.1) is 0 Å². The Morgan fingerprint density at radius 1 is 0.750 bits per heavy atom. The van der Waals surface area contributed by atoms with Crippen LogP contribution in [0, 0.1) is 6.92 Å². The van der Waals surface area contributed by atoms with Crippen LogP contribution in [0.4, 0.5) is 17.1 Å². The maximum atomic E-state index is 11.3. The van der Waals surface area contributed by atoms with Crippen LogP contribution in [0.2, 0.25) is 0 Å². The minimum Gasteiger partial charge on any atom is -0.399 e. The number of nitrogens with two attached hydrogens (primary N) is 3. The van der Waals surface area contributed by atoms with Gasteiger partial charge in [0.1, 0.15) is 4.90 Å². The van der Waals surface area contributed by atoms with Gasteiger partial charge in [-0.3, -0.25) is 9.11 Å². The normalized spacial score (nSPS) is 11.7. The van der Waals surface area contributed by atoms with Gasteiger partial charge in [0.05, 0.1) is 4.90 Å². The Morgan fingerprint density at radius 2 is 1.32 bits per heavy atom. The van der Waals surface area contributed by atoms with Crippen LogP contribution >= 0.6 is 0 Å². The number of aryl methyl sites for hydroxylation is 1. The molecule has 3 aromatic carbocycles. The maximum absolute atomic E-state index is 11.3. The van der Waals surface area contributed by atoms with Crippen molar-refractivity contribution in [1.29, 1.82) is 0 Å². The molecule has 150 valence electrons. The second-order valence-electron chi connectivity index (χ2n) is 5.97. The first kappa shape index (κ1) is 21.4. The number of anilines is 3. The van der Waals surface area contributed by atoms with Gasteiger partial charge in [-0.2, -0.15) is 16.8 Å². The number of fused-ring (bicyclic) bond motifs is 1. The Labute approximate surface area is 162 Å². The molecular weight excluding hydrogens is 406 g/mol. The molecule has 0 heterocycles. The first-order valence-corrected chi connectivity index (χ1v) is 10.6. The molecule has 0 aromatic heterocycles. The lowest BCUT2D eigenvalue weighted by molar-refractivity contribution is 0.482. The Balaban J connectivity index is 0.000000261. The second-order valence-corrected chi connectivity index (χ2v) is 8.78. The summed E-state index contributed by atoms with van der Waals surface area (Å²) < 4.78 is 62.8.